The number of aromatic nitrogens is 3. The van der Waals surface area contributed by atoms with Crippen molar-refractivity contribution < 1.29 is 18.7 Å². The van der Waals surface area contributed by atoms with E-state index in [2.05, 4.69) is 15.5 Å². The van der Waals surface area contributed by atoms with Gasteiger partial charge >= 0.3 is 5.97 Å². The molecule has 2 aromatic rings. The van der Waals surface area contributed by atoms with E-state index in [-0.39, 0.29) is 23.6 Å². The topological polar surface area (TPSA) is 78.3 Å². The highest BCUT2D eigenvalue weighted by Crippen LogP contribution is 2.18. The molecule has 0 aliphatic heterocycles. The maximum Gasteiger partial charge on any atom is 0.316 e. The van der Waals surface area contributed by atoms with Crippen LogP contribution in [0.4, 0.5) is 10.1 Å². The van der Waals surface area contributed by atoms with Crippen LogP contribution in [0.15, 0.2) is 29.4 Å². The van der Waals surface area contributed by atoms with Crippen molar-refractivity contribution in [3.8, 4) is 0 Å². The molecule has 0 aliphatic rings. The number of halogens is 1. The summed E-state index contributed by atoms with van der Waals surface area (Å²) in [4.78, 5) is 11.7. The Bertz CT molecular complexity index is 707. The lowest BCUT2D eigenvalue weighted by Crippen LogP contribution is -2.15. The molecule has 2 rings (SSSR count). The Morgan fingerprint density at radius 3 is 2.69 bits per heavy atom. The van der Waals surface area contributed by atoms with Gasteiger partial charge in [-0.3, -0.25) is 4.79 Å². The summed E-state index contributed by atoms with van der Waals surface area (Å²) in [6.45, 7) is 5.09. The Labute approximate surface area is 156 Å². The van der Waals surface area contributed by atoms with Gasteiger partial charge in [0.05, 0.1) is 25.0 Å². The molecule has 0 bridgehead atoms. The highest BCUT2D eigenvalue weighted by Gasteiger charge is 2.15. The van der Waals surface area contributed by atoms with Gasteiger partial charge in [0.25, 0.3) is 0 Å². The number of methoxy groups -OCH3 is 1. The molecular formula is C17H23FN4O3S. The third-order valence-electron chi connectivity index (χ3n) is 3.29. The fourth-order valence-corrected chi connectivity index (χ4v) is 2.90. The van der Waals surface area contributed by atoms with E-state index in [4.69, 9.17) is 9.47 Å². The van der Waals surface area contributed by atoms with Crippen LogP contribution in [0.3, 0.4) is 0 Å². The van der Waals surface area contributed by atoms with E-state index < -0.39 is 0 Å². The first-order valence-corrected chi connectivity index (χ1v) is 9.21. The fourth-order valence-electron chi connectivity index (χ4n) is 2.13. The average Bonchev–Trinajstić information content (AvgIpc) is 2.99. The summed E-state index contributed by atoms with van der Waals surface area (Å²) < 4.78 is 25.1. The number of rotatable bonds is 10. The third kappa shape index (κ3) is 6.30. The van der Waals surface area contributed by atoms with E-state index in [1.807, 2.05) is 18.4 Å². The molecule has 0 spiro atoms. The van der Waals surface area contributed by atoms with Gasteiger partial charge in [0.15, 0.2) is 11.0 Å². The molecule has 0 aliphatic carbocycles. The van der Waals surface area contributed by atoms with Gasteiger partial charge in [0.1, 0.15) is 5.82 Å². The zero-order chi connectivity index (χ0) is 18.9. The maximum absolute atomic E-state index is 13.0. The summed E-state index contributed by atoms with van der Waals surface area (Å²) in [7, 11) is 1.62. The van der Waals surface area contributed by atoms with Crippen LogP contribution in [0.25, 0.3) is 0 Å². The predicted molar refractivity (Wildman–Crippen MR) is 97.6 cm³/mol. The summed E-state index contributed by atoms with van der Waals surface area (Å²) >= 11 is 1.27. The number of esters is 1. The second-order valence-corrected chi connectivity index (χ2v) is 6.67. The predicted octanol–water partition coefficient (Wildman–Crippen LogP) is 2.72. The average molecular weight is 382 g/mol. The highest BCUT2D eigenvalue weighted by atomic mass is 32.2. The van der Waals surface area contributed by atoms with Crippen LogP contribution in [0.1, 0.15) is 19.7 Å². The minimum Gasteiger partial charge on any atom is -0.462 e. The quantitative estimate of drug-likeness (QED) is 0.500. The highest BCUT2D eigenvalue weighted by molar-refractivity contribution is 7.99. The monoisotopic (exact) mass is 382 g/mol. The van der Waals surface area contributed by atoms with Crippen molar-refractivity contribution in [2.24, 2.45) is 0 Å². The van der Waals surface area contributed by atoms with Crippen LogP contribution in [0, 0.1) is 5.82 Å². The fraction of sp³-hybridized carbons (Fsp3) is 0.471. The van der Waals surface area contributed by atoms with E-state index >= 15 is 0 Å². The summed E-state index contributed by atoms with van der Waals surface area (Å²) in [5.74, 6) is 0.281. The Kier molecular flexibility index (Phi) is 7.86. The van der Waals surface area contributed by atoms with E-state index in [1.54, 1.807) is 19.2 Å². The number of nitrogens with zero attached hydrogens (tertiary/aromatic N) is 3. The zero-order valence-electron chi connectivity index (χ0n) is 15.1. The number of carbonyl (C=O) groups is 1. The largest absolute Gasteiger partial charge is 0.462 e. The van der Waals surface area contributed by atoms with Crippen LogP contribution >= 0.6 is 11.8 Å². The second kappa shape index (κ2) is 10.1. The molecule has 0 amide bonds. The van der Waals surface area contributed by atoms with Crippen LogP contribution in [0.5, 0.6) is 0 Å². The molecule has 26 heavy (non-hydrogen) atoms. The first kappa shape index (κ1) is 20.2. The van der Waals surface area contributed by atoms with Crippen molar-refractivity contribution in [2.75, 3.05) is 24.8 Å². The van der Waals surface area contributed by atoms with Gasteiger partial charge in [0, 0.05) is 19.3 Å². The second-order valence-electron chi connectivity index (χ2n) is 5.73. The molecule has 1 aromatic carbocycles. The van der Waals surface area contributed by atoms with Crippen molar-refractivity contribution in [3.63, 3.8) is 0 Å². The standard InChI is InChI=1S/C17H23FN4O3S/c1-12(2)25-16(23)11-26-17-21-20-15(22(17)8-9-24-3)10-19-14-6-4-13(18)5-7-14/h4-7,12,19H,8-11H2,1-3H3. The maximum atomic E-state index is 13.0. The lowest BCUT2D eigenvalue weighted by atomic mass is 10.3. The Hall–Kier alpha value is -2.13. The van der Waals surface area contributed by atoms with Gasteiger partial charge in [-0.2, -0.15) is 0 Å². The van der Waals surface area contributed by atoms with Crippen molar-refractivity contribution in [1.82, 2.24) is 14.8 Å². The van der Waals surface area contributed by atoms with Crippen LogP contribution < -0.4 is 5.32 Å². The number of hydrogen-bond acceptors (Lipinski definition) is 7. The molecule has 142 valence electrons. The molecular weight excluding hydrogens is 359 g/mol. The van der Waals surface area contributed by atoms with Crippen molar-refractivity contribution >= 4 is 23.4 Å². The first-order valence-electron chi connectivity index (χ1n) is 8.22. The molecule has 0 radical (unpaired) electrons. The summed E-state index contributed by atoms with van der Waals surface area (Å²) in [6, 6.07) is 6.09. The van der Waals surface area contributed by atoms with Gasteiger partial charge < -0.3 is 19.4 Å². The van der Waals surface area contributed by atoms with Gasteiger partial charge in [-0.1, -0.05) is 11.8 Å². The molecule has 1 heterocycles. The van der Waals surface area contributed by atoms with Gasteiger partial charge in [-0.05, 0) is 38.1 Å². The molecule has 7 nitrogen and oxygen atoms in total. The molecule has 1 N–H and O–H groups in total. The summed E-state index contributed by atoms with van der Waals surface area (Å²) in [5.41, 5.74) is 0.780. The first-order chi connectivity index (χ1) is 12.5. The Morgan fingerprint density at radius 1 is 1.31 bits per heavy atom. The van der Waals surface area contributed by atoms with Crippen molar-refractivity contribution in [2.45, 2.75) is 38.2 Å². The number of nitrogens with one attached hydrogen (secondary N) is 1. The Morgan fingerprint density at radius 2 is 2.04 bits per heavy atom. The molecule has 0 fully saturated rings. The van der Waals surface area contributed by atoms with E-state index in [1.165, 1.54) is 23.9 Å². The normalized spacial score (nSPS) is 11.0. The number of anilines is 1. The van der Waals surface area contributed by atoms with Crippen LogP contribution in [0.2, 0.25) is 0 Å². The number of thioether (sulfide) groups is 1. The minimum atomic E-state index is -0.294. The smallest absolute Gasteiger partial charge is 0.316 e. The summed E-state index contributed by atoms with van der Waals surface area (Å²) in [5, 5.41) is 12.1. The number of hydrogen-bond donors (Lipinski definition) is 1. The zero-order valence-corrected chi connectivity index (χ0v) is 15.9. The van der Waals surface area contributed by atoms with Gasteiger partial charge in [-0.25, -0.2) is 4.39 Å². The molecule has 0 saturated heterocycles. The Balaban J connectivity index is 2.02. The molecule has 9 heteroatoms. The molecule has 0 unspecified atom stereocenters. The van der Waals surface area contributed by atoms with Crippen molar-refractivity contribution in [1.29, 1.82) is 0 Å². The molecule has 0 atom stereocenters. The van der Waals surface area contributed by atoms with Gasteiger partial charge in [0.2, 0.25) is 0 Å². The van der Waals surface area contributed by atoms with Crippen molar-refractivity contribution in [3.05, 3.63) is 35.9 Å². The van der Waals surface area contributed by atoms with Crippen LogP contribution in [-0.4, -0.2) is 46.3 Å². The minimum absolute atomic E-state index is 0.148. The van der Waals surface area contributed by atoms with Gasteiger partial charge in [-0.15, -0.1) is 10.2 Å². The lowest BCUT2D eigenvalue weighted by molar-refractivity contribution is -0.144. The third-order valence-corrected chi connectivity index (χ3v) is 4.23. The molecule has 1 aromatic heterocycles. The number of ether oxygens (including phenoxy) is 2. The lowest BCUT2D eigenvalue weighted by Gasteiger charge is -2.11. The number of carbonyl (C=O) groups excluding carboxylic acids is 1. The van der Waals surface area contributed by atoms with E-state index in [0.29, 0.717) is 30.7 Å². The van der Waals surface area contributed by atoms with E-state index in [0.717, 1.165) is 5.69 Å². The molecule has 0 saturated carbocycles. The SMILES string of the molecule is COCCn1c(CNc2ccc(F)cc2)nnc1SCC(=O)OC(C)C. The summed E-state index contributed by atoms with van der Waals surface area (Å²) in [6.07, 6.45) is -0.148. The van der Waals surface area contributed by atoms with Crippen LogP contribution in [-0.2, 0) is 27.4 Å². The van der Waals surface area contributed by atoms with E-state index in [9.17, 15) is 9.18 Å². The number of benzene rings is 1.